The highest BCUT2D eigenvalue weighted by Crippen LogP contribution is 2.24. The van der Waals surface area contributed by atoms with Gasteiger partial charge in [0, 0.05) is 5.69 Å². The molecule has 1 N–H and O–H groups in total. The normalized spacial score (nSPS) is 16.2. The van der Waals surface area contributed by atoms with Gasteiger partial charge in [0.15, 0.2) is 16.1 Å². The van der Waals surface area contributed by atoms with E-state index < -0.39 is 5.82 Å². The lowest BCUT2D eigenvalue weighted by Gasteiger charge is -2.16. The first-order valence-electron chi connectivity index (χ1n) is 5.07. The number of hydrogen-bond acceptors (Lipinski definition) is 4. The molecule has 0 saturated carbocycles. The maximum absolute atomic E-state index is 12.9. The molecule has 7 heteroatoms. The first-order valence-corrected chi connectivity index (χ1v) is 6.26. The van der Waals surface area contributed by atoms with Gasteiger partial charge in [0.2, 0.25) is 0 Å². The van der Waals surface area contributed by atoms with Gasteiger partial charge in [0.05, 0.1) is 5.02 Å². The van der Waals surface area contributed by atoms with Crippen molar-refractivity contribution in [3.05, 3.63) is 29.0 Å². The van der Waals surface area contributed by atoms with Crippen LogP contribution in [0.3, 0.4) is 0 Å². The third-order valence-electron chi connectivity index (χ3n) is 1.99. The lowest BCUT2D eigenvalue weighted by atomic mass is 10.3. The molecular weight excluding hydrogens is 277 g/mol. The number of rotatable bonds is 3. The highest BCUT2D eigenvalue weighted by molar-refractivity contribution is 8.29. The van der Waals surface area contributed by atoms with Crippen LogP contribution in [0.15, 0.2) is 28.2 Å². The number of halogens is 2. The van der Waals surface area contributed by atoms with Gasteiger partial charge in [-0.05, 0) is 36.9 Å². The van der Waals surface area contributed by atoms with Crippen LogP contribution < -0.4 is 5.32 Å². The smallest absolute Gasteiger partial charge is 0.193 e. The Hall–Kier alpha value is -1.40. The zero-order valence-corrected chi connectivity index (χ0v) is 11.0. The second kappa shape index (κ2) is 5.49. The fraction of sp³-hybridized carbons (Fsp3) is 0.182. The minimum Gasteiger partial charge on any atom is -0.334 e. The first-order chi connectivity index (χ1) is 8.54. The molecule has 0 saturated heterocycles. The number of ketones is 1. The van der Waals surface area contributed by atoms with E-state index in [1.54, 1.807) is 6.07 Å². The van der Waals surface area contributed by atoms with Crippen LogP contribution in [0.2, 0.25) is 5.02 Å². The Balaban J connectivity index is 1.96. The molecule has 1 aromatic carbocycles. The first kappa shape index (κ1) is 13.0. The van der Waals surface area contributed by atoms with Crippen molar-refractivity contribution in [2.45, 2.75) is 6.92 Å². The largest absolute Gasteiger partial charge is 0.334 e. The maximum atomic E-state index is 12.9. The summed E-state index contributed by atoms with van der Waals surface area (Å²) in [5.74, 6) is -0.473. The zero-order valence-electron chi connectivity index (χ0n) is 9.41. The van der Waals surface area contributed by atoms with E-state index in [0.717, 1.165) is 0 Å². The quantitative estimate of drug-likeness (QED) is 0.929. The second-order valence-electron chi connectivity index (χ2n) is 3.57. The van der Waals surface area contributed by atoms with Gasteiger partial charge in [-0.1, -0.05) is 11.6 Å². The van der Waals surface area contributed by atoms with Crippen LogP contribution in [-0.2, 0) is 4.79 Å². The van der Waals surface area contributed by atoms with E-state index in [0.29, 0.717) is 16.0 Å². The van der Waals surface area contributed by atoms with Crippen molar-refractivity contribution >= 4 is 45.2 Å². The maximum Gasteiger partial charge on any atom is 0.193 e. The molecule has 1 aromatic rings. The number of nitrogens with zero attached hydrogens (tertiary/aromatic N) is 2. The summed E-state index contributed by atoms with van der Waals surface area (Å²) in [5, 5.41) is 4.21. The summed E-state index contributed by atoms with van der Waals surface area (Å²) in [5.41, 5.74) is 0.651. The van der Waals surface area contributed by atoms with Gasteiger partial charge in [0.25, 0.3) is 0 Å². The summed E-state index contributed by atoms with van der Waals surface area (Å²) in [6.45, 7) is 1.61. The van der Waals surface area contributed by atoms with E-state index >= 15 is 0 Å². The monoisotopic (exact) mass is 285 g/mol. The summed E-state index contributed by atoms with van der Waals surface area (Å²) < 4.78 is 12.9. The van der Waals surface area contributed by atoms with Crippen LogP contribution >= 0.6 is 23.4 Å². The van der Waals surface area contributed by atoms with Crippen LogP contribution in [0, 0.1) is 5.82 Å². The van der Waals surface area contributed by atoms with Crippen molar-refractivity contribution in [1.29, 1.82) is 0 Å². The molecule has 0 radical (unpaired) electrons. The summed E-state index contributed by atoms with van der Waals surface area (Å²) in [6.07, 6.45) is 0. The molecule has 0 atom stereocenters. The van der Waals surface area contributed by atoms with Crippen LogP contribution in [0.25, 0.3) is 0 Å². The van der Waals surface area contributed by atoms with Gasteiger partial charge in [0.1, 0.15) is 12.4 Å². The van der Waals surface area contributed by atoms with E-state index in [2.05, 4.69) is 15.3 Å². The Kier molecular flexibility index (Phi) is 3.98. The molecule has 0 bridgehead atoms. The number of benzene rings is 1. The zero-order chi connectivity index (χ0) is 13.1. The molecule has 1 heterocycles. The molecule has 18 heavy (non-hydrogen) atoms. The summed E-state index contributed by atoms with van der Waals surface area (Å²) >= 11 is 6.97. The van der Waals surface area contributed by atoms with Gasteiger partial charge in [-0.3, -0.25) is 9.79 Å². The molecule has 0 spiro atoms. The van der Waals surface area contributed by atoms with Crippen molar-refractivity contribution < 1.29 is 9.18 Å². The predicted octanol–water partition coefficient (Wildman–Crippen LogP) is 2.94. The Morgan fingerprint density at radius 3 is 2.94 bits per heavy atom. The van der Waals surface area contributed by atoms with Crippen LogP contribution in [0.1, 0.15) is 6.92 Å². The topological polar surface area (TPSA) is 53.8 Å². The highest BCUT2D eigenvalue weighted by atomic mass is 35.5. The van der Waals surface area contributed by atoms with Crippen molar-refractivity contribution in [2.75, 3.05) is 11.9 Å². The van der Waals surface area contributed by atoms with Crippen LogP contribution in [-0.4, -0.2) is 22.7 Å². The van der Waals surface area contributed by atoms with E-state index in [-0.39, 0.29) is 17.4 Å². The van der Waals surface area contributed by atoms with Gasteiger partial charge in [-0.15, -0.1) is 0 Å². The number of carbonyl (C=O) groups is 1. The SMILES string of the molecule is CC(=O)CN=C1N=C(Nc2ccc(F)c(Cl)c2)S1. The number of aliphatic imine (C=N–C) groups is 2. The average Bonchev–Trinajstić information content (AvgIpc) is 2.26. The molecule has 0 fully saturated rings. The molecule has 0 aromatic heterocycles. The average molecular weight is 286 g/mol. The van der Waals surface area contributed by atoms with E-state index in [9.17, 15) is 9.18 Å². The molecule has 4 nitrogen and oxygen atoms in total. The Bertz CT molecular complexity index is 559. The predicted molar refractivity (Wildman–Crippen MR) is 73.0 cm³/mol. The van der Waals surface area contributed by atoms with Gasteiger partial charge in [-0.25, -0.2) is 4.39 Å². The number of amidine groups is 2. The van der Waals surface area contributed by atoms with Crippen molar-refractivity contribution in [2.24, 2.45) is 9.98 Å². The summed E-state index contributed by atoms with van der Waals surface area (Å²) in [4.78, 5) is 18.7. The van der Waals surface area contributed by atoms with E-state index in [1.165, 1.54) is 30.8 Å². The van der Waals surface area contributed by atoms with E-state index in [4.69, 9.17) is 11.6 Å². The number of carbonyl (C=O) groups excluding carboxylic acids is 1. The fourth-order valence-electron chi connectivity index (χ4n) is 1.18. The minimum atomic E-state index is -0.464. The Morgan fingerprint density at radius 2 is 2.33 bits per heavy atom. The van der Waals surface area contributed by atoms with Crippen LogP contribution in [0.5, 0.6) is 0 Å². The summed E-state index contributed by atoms with van der Waals surface area (Å²) in [7, 11) is 0. The molecule has 0 amide bonds. The highest BCUT2D eigenvalue weighted by Gasteiger charge is 2.17. The Morgan fingerprint density at radius 1 is 1.61 bits per heavy atom. The number of hydrogen-bond donors (Lipinski definition) is 1. The molecule has 1 aliphatic rings. The lowest BCUT2D eigenvalue weighted by molar-refractivity contribution is -0.115. The fourth-order valence-corrected chi connectivity index (χ4v) is 1.97. The lowest BCUT2D eigenvalue weighted by Crippen LogP contribution is -2.20. The molecular formula is C11H9ClFN3OS. The molecule has 0 aliphatic carbocycles. The third kappa shape index (κ3) is 3.30. The van der Waals surface area contributed by atoms with Crippen molar-refractivity contribution in [3.8, 4) is 0 Å². The van der Waals surface area contributed by atoms with Gasteiger partial charge in [-0.2, -0.15) is 4.99 Å². The minimum absolute atomic E-state index is 0.00924. The molecule has 1 aliphatic heterocycles. The van der Waals surface area contributed by atoms with Gasteiger partial charge < -0.3 is 5.32 Å². The van der Waals surface area contributed by atoms with Crippen LogP contribution in [0.4, 0.5) is 10.1 Å². The number of Topliss-reactive ketones (excluding diaryl/α,β-unsaturated/α-hetero) is 1. The second-order valence-corrected chi connectivity index (χ2v) is 4.94. The molecule has 0 unspecified atom stereocenters. The third-order valence-corrected chi connectivity index (χ3v) is 3.07. The van der Waals surface area contributed by atoms with E-state index in [1.807, 2.05) is 0 Å². The molecule has 2 rings (SSSR count). The van der Waals surface area contributed by atoms with Crippen molar-refractivity contribution in [1.82, 2.24) is 0 Å². The number of nitrogens with one attached hydrogen (secondary N) is 1. The summed E-state index contributed by atoms with van der Waals surface area (Å²) in [6, 6.07) is 4.32. The standard InChI is InChI=1S/C11H9ClFN3OS/c1-6(17)5-14-10-16-11(18-10)15-7-2-3-9(13)8(12)4-7/h2-4H,5H2,1H3,(H,14,15,16). The number of thioether (sulfide) groups is 1. The number of anilines is 1. The molecule has 94 valence electrons. The van der Waals surface area contributed by atoms with Gasteiger partial charge >= 0.3 is 0 Å². The van der Waals surface area contributed by atoms with Crippen molar-refractivity contribution in [3.63, 3.8) is 0 Å². The Labute approximate surface area is 112 Å².